The average Bonchev–Trinajstić information content (AvgIpc) is 2.56. The molecule has 21 heavy (non-hydrogen) atoms. The highest BCUT2D eigenvalue weighted by atomic mass is 16.6. The number of likely N-dealkylation sites (tertiary alicyclic amines) is 1. The molecule has 1 atom stereocenters. The summed E-state index contributed by atoms with van der Waals surface area (Å²) in [5.74, 6) is 0.927. The van der Waals surface area contributed by atoms with E-state index in [1.54, 1.807) is 12.4 Å². The molecule has 2 fully saturated rings. The van der Waals surface area contributed by atoms with Crippen LogP contribution in [0, 0.1) is 0 Å². The zero-order valence-corrected chi connectivity index (χ0v) is 12.4. The van der Waals surface area contributed by atoms with Crippen molar-refractivity contribution in [2.75, 3.05) is 39.5 Å². The summed E-state index contributed by atoms with van der Waals surface area (Å²) in [6.07, 6.45) is 7.40. The minimum atomic E-state index is 0.282. The van der Waals surface area contributed by atoms with E-state index in [0.717, 1.165) is 64.5 Å². The number of rotatable bonds is 5. The van der Waals surface area contributed by atoms with E-state index >= 15 is 0 Å². The second-order valence-corrected chi connectivity index (χ2v) is 5.70. The van der Waals surface area contributed by atoms with E-state index in [2.05, 4.69) is 9.88 Å². The smallest absolute Gasteiger partial charge is 0.122 e. The number of hydrogen-bond donors (Lipinski definition) is 0. The zero-order valence-electron chi connectivity index (χ0n) is 12.4. The van der Waals surface area contributed by atoms with Gasteiger partial charge in [0.05, 0.1) is 25.9 Å². The Morgan fingerprint density at radius 3 is 2.71 bits per heavy atom. The Kier molecular flexibility index (Phi) is 5.43. The second-order valence-electron chi connectivity index (χ2n) is 5.70. The normalized spacial score (nSPS) is 24.9. The van der Waals surface area contributed by atoms with Gasteiger partial charge < -0.3 is 19.1 Å². The van der Waals surface area contributed by atoms with Gasteiger partial charge in [0.15, 0.2) is 0 Å². The predicted molar refractivity (Wildman–Crippen MR) is 79.5 cm³/mol. The van der Waals surface area contributed by atoms with Gasteiger partial charge in [-0.05, 0) is 31.4 Å². The average molecular weight is 292 g/mol. The molecule has 0 bridgehead atoms. The third-order valence-electron chi connectivity index (χ3n) is 4.14. The molecule has 2 aliphatic rings. The second kappa shape index (κ2) is 7.73. The van der Waals surface area contributed by atoms with Crippen LogP contribution in [0.2, 0.25) is 0 Å². The summed E-state index contributed by atoms with van der Waals surface area (Å²) in [4.78, 5) is 6.51. The quantitative estimate of drug-likeness (QED) is 0.827. The van der Waals surface area contributed by atoms with Crippen LogP contribution in [0.4, 0.5) is 0 Å². The Balaban J connectivity index is 1.35. The number of aromatic nitrogens is 1. The molecule has 2 saturated heterocycles. The first kappa shape index (κ1) is 14.8. The first-order valence-electron chi connectivity index (χ1n) is 7.88. The van der Waals surface area contributed by atoms with Crippen molar-refractivity contribution in [1.82, 2.24) is 9.88 Å². The molecule has 0 amide bonds. The summed E-state index contributed by atoms with van der Waals surface area (Å²) in [6.45, 7) is 5.53. The molecule has 5 nitrogen and oxygen atoms in total. The molecule has 0 spiro atoms. The van der Waals surface area contributed by atoms with Crippen molar-refractivity contribution in [3.05, 3.63) is 24.5 Å². The highest BCUT2D eigenvalue weighted by Gasteiger charge is 2.22. The van der Waals surface area contributed by atoms with Crippen LogP contribution >= 0.6 is 0 Å². The van der Waals surface area contributed by atoms with Gasteiger partial charge in [-0.3, -0.25) is 4.98 Å². The Bertz CT molecular complexity index is 401. The van der Waals surface area contributed by atoms with Gasteiger partial charge in [0.1, 0.15) is 11.9 Å². The van der Waals surface area contributed by atoms with Gasteiger partial charge in [0.25, 0.3) is 0 Å². The standard InChI is InChI=1S/C16H24N2O3/c1-6-17-7-2-14(1)21-15-3-8-18(9-4-15)10-5-16-13-19-11-12-20-16/h1-2,6-7,15-16H,3-5,8-13H2. The molecular formula is C16H24N2O3. The largest absolute Gasteiger partial charge is 0.490 e. The van der Waals surface area contributed by atoms with E-state index in [0.29, 0.717) is 6.10 Å². The van der Waals surface area contributed by atoms with Crippen molar-refractivity contribution >= 4 is 0 Å². The van der Waals surface area contributed by atoms with Crippen LogP contribution in [0.5, 0.6) is 5.75 Å². The highest BCUT2D eigenvalue weighted by molar-refractivity contribution is 5.17. The fraction of sp³-hybridized carbons (Fsp3) is 0.688. The van der Waals surface area contributed by atoms with Crippen molar-refractivity contribution in [3.8, 4) is 5.75 Å². The summed E-state index contributed by atoms with van der Waals surface area (Å²) in [5, 5.41) is 0. The Hall–Kier alpha value is -1.17. The molecule has 0 aromatic carbocycles. The van der Waals surface area contributed by atoms with Crippen molar-refractivity contribution in [2.45, 2.75) is 31.5 Å². The minimum absolute atomic E-state index is 0.282. The van der Waals surface area contributed by atoms with Crippen LogP contribution in [-0.4, -0.2) is 61.5 Å². The predicted octanol–water partition coefficient (Wildman–Crippen LogP) is 1.73. The maximum atomic E-state index is 5.99. The molecule has 0 radical (unpaired) electrons. The lowest BCUT2D eigenvalue weighted by atomic mass is 10.1. The van der Waals surface area contributed by atoms with Crippen LogP contribution in [0.3, 0.4) is 0 Å². The van der Waals surface area contributed by atoms with Crippen molar-refractivity contribution in [3.63, 3.8) is 0 Å². The molecule has 1 aromatic heterocycles. The first-order chi connectivity index (χ1) is 10.4. The number of pyridine rings is 1. The number of nitrogens with zero attached hydrogens (tertiary/aromatic N) is 2. The number of ether oxygens (including phenoxy) is 3. The Labute approximate surface area is 126 Å². The Morgan fingerprint density at radius 1 is 1.19 bits per heavy atom. The summed E-state index contributed by atoms with van der Waals surface area (Å²) < 4.78 is 17.1. The van der Waals surface area contributed by atoms with Gasteiger partial charge >= 0.3 is 0 Å². The van der Waals surface area contributed by atoms with Crippen LogP contribution in [-0.2, 0) is 9.47 Å². The fourth-order valence-electron chi connectivity index (χ4n) is 2.89. The van der Waals surface area contributed by atoms with Gasteiger partial charge in [-0.15, -0.1) is 0 Å². The van der Waals surface area contributed by atoms with Crippen LogP contribution in [0.1, 0.15) is 19.3 Å². The topological polar surface area (TPSA) is 43.8 Å². The summed E-state index contributed by atoms with van der Waals surface area (Å²) in [7, 11) is 0. The van der Waals surface area contributed by atoms with Gasteiger partial charge in [-0.25, -0.2) is 0 Å². The molecule has 1 aromatic rings. The van der Waals surface area contributed by atoms with E-state index < -0.39 is 0 Å². The van der Waals surface area contributed by atoms with Crippen molar-refractivity contribution in [2.24, 2.45) is 0 Å². The molecular weight excluding hydrogens is 268 g/mol. The molecule has 3 heterocycles. The van der Waals surface area contributed by atoms with E-state index in [9.17, 15) is 0 Å². The monoisotopic (exact) mass is 292 g/mol. The van der Waals surface area contributed by atoms with Crippen molar-refractivity contribution < 1.29 is 14.2 Å². The van der Waals surface area contributed by atoms with Gasteiger partial charge in [-0.2, -0.15) is 0 Å². The summed E-state index contributed by atoms with van der Waals surface area (Å²) in [6, 6.07) is 3.85. The third-order valence-corrected chi connectivity index (χ3v) is 4.14. The number of hydrogen-bond acceptors (Lipinski definition) is 5. The molecule has 0 N–H and O–H groups in total. The van der Waals surface area contributed by atoms with Gasteiger partial charge in [0, 0.05) is 32.0 Å². The molecule has 5 heteroatoms. The SMILES string of the molecule is c1cc(OC2CCN(CCC3COCCO3)CC2)ccn1. The molecule has 0 saturated carbocycles. The maximum Gasteiger partial charge on any atom is 0.122 e. The molecule has 3 rings (SSSR count). The summed E-state index contributed by atoms with van der Waals surface area (Å²) >= 11 is 0. The minimum Gasteiger partial charge on any atom is -0.490 e. The number of piperidine rings is 1. The zero-order chi connectivity index (χ0) is 14.3. The fourth-order valence-corrected chi connectivity index (χ4v) is 2.89. The van der Waals surface area contributed by atoms with E-state index in [1.807, 2.05) is 12.1 Å². The lowest BCUT2D eigenvalue weighted by molar-refractivity contribution is -0.0933. The molecule has 2 aliphatic heterocycles. The van der Waals surface area contributed by atoms with Crippen molar-refractivity contribution in [1.29, 1.82) is 0 Å². The molecule has 0 aliphatic carbocycles. The van der Waals surface area contributed by atoms with Gasteiger partial charge in [0.2, 0.25) is 0 Å². The first-order valence-corrected chi connectivity index (χ1v) is 7.88. The van der Waals surface area contributed by atoms with E-state index in [4.69, 9.17) is 14.2 Å². The van der Waals surface area contributed by atoms with E-state index in [-0.39, 0.29) is 6.10 Å². The third kappa shape index (κ3) is 4.66. The summed E-state index contributed by atoms with van der Waals surface area (Å²) in [5.41, 5.74) is 0. The van der Waals surface area contributed by atoms with Crippen LogP contribution < -0.4 is 4.74 Å². The lowest BCUT2D eigenvalue weighted by Crippen LogP contribution is -2.40. The van der Waals surface area contributed by atoms with Crippen LogP contribution in [0.15, 0.2) is 24.5 Å². The van der Waals surface area contributed by atoms with E-state index in [1.165, 1.54) is 0 Å². The van der Waals surface area contributed by atoms with Crippen LogP contribution in [0.25, 0.3) is 0 Å². The Morgan fingerprint density at radius 2 is 2.00 bits per heavy atom. The lowest BCUT2D eigenvalue weighted by Gasteiger charge is -2.33. The molecule has 1 unspecified atom stereocenters. The van der Waals surface area contributed by atoms with Gasteiger partial charge in [-0.1, -0.05) is 0 Å². The maximum absolute atomic E-state index is 5.99. The molecule has 116 valence electrons. The highest BCUT2D eigenvalue weighted by Crippen LogP contribution is 2.18.